The van der Waals surface area contributed by atoms with Crippen molar-refractivity contribution in [1.82, 2.24) is 5.32 Å². The zero-order valence-corrected chi connectivity index (χ0v) is 16.3. The Kier molecular flexibility index (Phi) is 5.88. The minimum atomic E-state index is 0.793. The molecule has 3 aromatic rings. The van der Waals surface area contributed by atoms with Crippen LogP contribution in [-0.4, -0.2) is 19.2 Å². The predicted molar refractivity (Wildman–Crippen MR) is 119 cm³/mol. The number of nitrogens with zero attached hydrogens (tertiary/aromatic N) is 2. The molecule has 0 amide bonds. The second kappa shape index (κ2) is 8.51. The molecule has 1 aromatic heterocycles. The summed E-state index contributed by atoms with van der Waals surface area (Å²) in [5.41, 5.74) is 9.53. The maximum absolute atomic E-state index is 5.27. The molecule has 0 unspecified atom stereocenters. The van der Waals surface area contributed by atoms with Crippen LogP contribution in [-0.2, 0) is 0 Å². The van der Waals surface area contributed by atoms with Gasteiger partial charge in [-0.2, -0.15) is 0 Å². The molecule has 0 aliphatic carbocycles. The standard InChI is InChI=1S/C21H23N5S/c1-4-24-15(3)26-18-7-5-6-16(10-18)17-8-9-19-20(11-17)27-14(2)21(19)25-13-23-12-22/h5-13,24,26H,3-4H2,1-2H3,(H2,22,23,25). The first-order valence-corrected chi connectivity index (χ1v) is 9.53. The second-order valence-electron chi connectivity index (χ2n) is 5.98. The van der Waals surface area contributed by atoms with Crippen LogP contribution >= 0.6 is 11.3 Å². The average Bonchev–Trinajstić information content (AvgIpc) is 2.97. The Labute approximate surface area is 163 Å². The number of rotatable bonds is 7. The molecule has 0 fully saturated rings. The highest BCUT2D eigenvalue weighted by Gasteiger charge is 2.09. The van der Waals surface area contributed by atoms with E-state index in [-0.39, 0.29) is 0 Å². The number of benzene rings is 2. The van der Waals surface area contributed by atoms with E-state index in [0.717, 1.165) is 45.1 Å². The number of fused-ring (bicyclic) bond motifs is 1. The van der Waals surface area contributed by atoms with Crippen molar-refractivity contribution in [2.45, 2.75) is 13.8 Å². The Balaban J connectivity index is 1.93. The quantitative estimate of drug-likeness (QED) is 0.400. The lowest BCUT2D eigenvalue weighted by Crippen LogP contribution is -2.17. The summed E-state index contributed by atoms with van der Waals surface area (Å²) in [7, 11) is 0. The SMILES string of the molecule is C=C(NCC)Nc1cccc(-c2ccc3c(N=CN=CN)c(C)sc3c2)c1. The number of hydrogen-bond acceptors (Lipinski definition) is 4. The van der Waals surface area contributed by atoms with Gasteiger partial charge in [0.05, 0.1) is 17.8 Å². The first-order valence-electron chi connectivity index (χ1n) is 8.71. The van der Waals surface area contributed by atoms with E-state index in [4.69, 9.17) is 5.73 Å². The van der Waals surface area contributed by atoms with Crippen molar-refractivity contribution >= 4 is 45.5 Å². The number of nitrogens with two attached hydrogens (primary N) is 1. The van der Waals surface area contributed by atoms with Gasteiger partial charge in [-0.3, -0.25) is 0 Å². The summed E-state index contributed by atoms with van der Waals surface area (Å²) in [4.78, 5) is 9.44. The van der Waals surface area contributed by atoms with Crippen LogP contribution in [0.5, 0.6) is 0 Å². The molecule has 6 heteroatoms. The third kappa shape index (κ3) is 4.35. The molecular weight excluding hydrogens is 354 g/mol. The number of anilines is 1. The van der Waals surface area contributed by atoms with Crippen molar-refractivity contribution in [1.29, 1.82) is 0 Å². The smallest absolute Gasteiger partial charge is 0.117 e. The molecule has 0 spiro atoms. The second-order valence-corrected chi connectivity index (χ2v) is 7.23. The van der Waals surface area contributed by atoms with Crippen molar-refractivity contribution in [3.8, 4) is 11.1 Å². The van der Waals surface area contributed by atoms with E-state index < -0.39 is 0 Å². The van der Waals surface area contributed by atoms with Gasteiger partial charge in [-0.05, 0) is 43.2 Å². The largest absolute Gasteiger partial charge is 0.390 e. The van der Waals surface area contributed by atoms with Gasteiger partial charge < -0.3 is 16.4 Å². The van der Waals surface area contributed by atoms with E-state index in [0.29, 0.717) is 0 Å². The molecule has 0 bridgehead atoms. The van der Waals surface area contributed by atoms with Gasteiger partial charge in [0, 0.05) is 27.2 Å². The summed E-state index contributed by atoms with van der Waals surface area (Å²) in [5, 5.41) is 7.58. The van der Waals surface area contributed by atoms with Gasteiger partial charge >= 0.3 is 0 Å². The molecule has 0 aliphatic heterocycles. The monoisotopic (exact) mass is 377 g/mol. The zero-order valence-electron chi connectivity index (χ0n) is 15.5. The van der Waals surface area contributed by atoms with Crippen LogP contribution in [0.4, 0.5) is 11.4 Å². The molecule has 4 N–H and O–H groups in total. The van der Waals surface area contributed by atoms with Crippen LogP contribution in [0.25, 0.3) is 21.2 Å². The van der Waals surface area contributed by atoms with E-state index in [1.807, 2.05) is 19.1 Å². The Morgan fingerprint density at radius 1 is 1.22 bits per heavy atom. The van der Waals surface area contributed by atoms with Gasteiger partial charge in [-0.15, -0.1) is 11.3 Å². The molecule has 2 aromatic carbocycles. The maximum atomic E-state index is 5.27. The lowest BCUT2D eigenvalue weighted by molar-refractivity contribution is 0.864. The van der Waals surface area contributed by atoms with Crippen LogP contribution in [0.2, 0.25) is 0 Å². The minimum absolute atomic E-state index is 0.793. The van der Waals surface area contributed by atoms with Crippen molar-refractivity contribution in [3.05, 3.63) is 59.7 Å². The van der Waals surface area contributed by atoms with Crippen LogP contribution in [0.1, 0.15) is 11.8 Å². The first kappa shape index (κ1) is 18.7. The molecule has 0 saturated heterocycles. The summed E-state index contributed by atoms with van der Waals surface area (Å²) >= 11 is 1.73. The van der Waals surface area contributed by atoms with Gasteiger partial charge in [0.25, 0.3) is 0 Å². The molecule has 3 rings (SSSR count). The normalized spacial score (nSPS) is 11.5. The topological polar surface area (TPSA) is 74.8 Å². The lowest BCUT2D eigenvalue weighted by Gasteiger charge is -2.12. The molecule has 0 aliphatic rings. The van der Waals surface area contributed by atoms with Gasteiger partial charge in [-0.1, -0.05) is 30.8 Å². The van der Waals surface area contributed by atoms with Crippen molar-refractivity contribution in [2.75, 3.05) is 11.9 Å². The zero-order chi connectivity index (χ0) is 19.2. The van der Waals surface area contributed by atoms with Crippen molar-refractivity contribution < 1.29 is 0 Å². The van der Waals surface area contributed by atoms with Gasteiger partial charge in [0.2, 0.25) is 0 Å². The average molecular weight is 378 g/mol. The minimum Gasteiger partial charge on any atom is -0.390 e. The molecule has 5 nitrogen and oxygen atoms in total. The van der Waals surface area contributed by atoms with Crippen LogP contribution in [0.15, 0.2) is 64.8 Å². The first-order chi connectivity index (χ1) is 13.1. The molecule has 1 heterocycles. The molecule has 27 heavy (non-hydrogen) atoms. The van der Waals surface area contributed by atoms with Crippen molar-refractivity contribution in [2.24, 2.45) is 15.7 Å². The molecule has 138 valence electrons. The van der Waals surface area contributed by atoms with Crippen molar-refractivity contribution in [3.63, 3.8) is 0 Å². The summed E-state index contributed by atoms with van der Waals surface area (Å²) in [6.45, 7) is 8.92. The Morgan fingerprint density at radius 3 is 2.81 bits per heavy atom. The highest BCUT2D eigenvalue weighted by molar-refractivity contribution is 7.19. The third-order valence-corrected chi connectivity index (χ3v) is 5.11. The van der Waals surface area contributed by atoms with E-state index in [1.54, 1.807) is 11.3 Å². The molecule has 0 radical (unpaired) electrons. The fourth-order valence-corrected chi connectivity index (χ4v) is 3.93. The number of nitrogens with one attached hydrogen (secondary N) is 2. The fourth-order valence-electron chi connectivity index (χ4n) is 2.88. The predicted octanol–water partition coefficient (Wildman–Crippen LogP) is 5.02. The highest BCUT2D eigenvalue weighted by Crippen LogP contribution is 2.39. The summed E-state index contributed by atoms with van der Waals surface area (Å²) in [6.07, 6.45) is 2.71. The number of hydrogen-bond donors (Lipinski definition) is 3. The van der Waals surface area contributed by atoms with E-state index in [1.165, 1.54) is 17.4 Å². The Bertz CT molecular complexity index is 1020. The third-order valence-electron chi connectivity index (χ3n) is 4.05. The number of aryl methyl sites for hydroxylation is 1. The van der Waals surface area contributed by atoms with Gasteiger partial charge in [-0.25, -0.2) is 9.98 Å². The summed E-state index contributed by atoms with van der Waals surface area (Å²) in [5.74, 6) is 0.793. The molecule has 0 atom stereocenters. The fraction of sp³-hybridized carbons (Fsp3) is 0.143. The van der Waals surface area contributed by atoms with E-state index >= 15 is 0 Å². The number of aliphatic imine (C=N–C) groups is 2. The van der Waals surface area contributed by atoms with Gasteiger partial charge in [0.15, 0.2) is 0 Å². The maximum Gasteiger partial charge on any atom is 0.117 e. The van der Waals surface area contributed by atoms with E-state index in [2.05, 4.69) is 64.5 Å². The Morgan fingerprint density at radius 2 is 2.04 bits per heavy atom. The van der Waals surface area contributed by atoms with Crippen LogP contribution in [0.3, 0.4) is 0 Å². The van der Waals surface area contributed by atoms with E-state index in [9.17, 15) is 0 Å². The Hall–Kier alpha value is -3.12. The summed E-state index contributed by atoms with van der Waals surface area (Å²) < 4.78 is 1.20. The molecule has 0 saturated carbocycles. The van der Waals surface area contributed by atoms with Crippen LogP contribution in [0, 0.1) is 6.92 Å². The molecular formula is C21H23N5S. The number of thiophene rings is 1. The lowest BCUT2D eigenvalue weighted by atomic mass is 10.0. The van der Waals surface area contributed by atoms with Gasteiger partial charge in [0.1, 0.15) is 6.34 Å². The summed E-state index contributed by atoms with van der Waals surface area (Å²) in [6, 6.07) is 14.8. The highest BCUT2D eigenvalue weighted by atomic mass is 32.1. The van der Waals surface area contributed by atoms with Crippen LogP contribution < -0.4 is 16.4 Å².